The van der Waals surface area contributed by atoms with Crippen molar-refractivity contribution in [1.82, 2.24) is 0 Å². The Hall–Kier alpha value is -0.900. The molecule has 2 aliphatic heterocycles. The van der Waals surface area contributed by atoms with E-state index in [1.165, 1.54) is 0 Å². The molecule has 1 unspecified atom stereocenters. The molecule has 0 radical (unpaired) electrons. The molecule has 4 heteroatoms. The third-order valence-corrected chi connectivity index (χ3v) is 4.97. The van der Waals surface area contributed by atoms with Gasteiger partial charge in [0.2, 0.25) is 0 Å². The molecule has 0 N–H and O–H groups in total. The summed E-state index contributed by atoms with van der Waals surface area (Å²) in [6.07, 6.45) is 3.35. The van der Waals surface area contributed by atoms with Crippen molar-refractivity contribution in [3.63, 3.8) is 0 Å². The van der Waals surface area contributed by atoms with Crippen molar-refractivity contribution < 1.29 is 14.3 Å². The Kier molecular flexibility index (Phi) is 4.34. The normalized spacial score (nSPS) is 25.0. The number of carbonyl (C=O) groups is 1. The quantitative estimate of drug-likeness (QED) is 0.779. The second-order valence-corrected chi connectivity index (χ2v) is 6.59. The lowest BCUT2D eigenvalue weighted by Crippen LogP contribution is -2.45. The first-order valence-electron chi connectivity index (χ1n) is 7.62. The Balaban J connectivity index is 1.77. The monoisotopic (exact) mass is 308 g/mol. The largest absolute Gasteiger partial charge is 0.381 e. The Bertz CT molecular complexity index is 529. The SMILES string of the molecule is Cc1ccc(C(=O)C2CCOC3(CCOCC3)C2)c(Cl)c1. The number of ketones is 1. The molecule has 0 bridgehead atoms. The second kappa shape index (κ2) is 6.07. The van der Waals surface area contributed by atoms with Crippen LogP contribution in [-0.2, 0) is 9.47 Å². The highest BCUT2D eigenvalue weighted by molar-refractivity contribution is 6.34. The van der Waals surface area contributed by atoms with Crippen LogP contribution in [0.3, 0.4) is 0 Å². The van der Waals surface area contributed by atoms with Crippen molar-refractivity contribution >= 4 is 17.4 Å². The van der Waals surface area contributed by atoms with Crippen molar-refractivity contribution in [1.29, 1.82) is 0 Å². The zero-order valence-corrected chi connectivity index (χ0v) is 13.1. The summed E-state index contributed by atoms with van der Waals surface area (Å²) in [7, 11) is 0. The summed E-state index contributed by atoms with van der Waals surface area (Å²) in [6, 6.07) is 5.66. The fourth-order valence-corrected chi connectivity index (χ4v) is 3.71. The number of aryl methyl sites for hydroxylation is 1. The van der Waals surface area contributed by atoms with Crippen molar-refractivity contribution in [2.24, 2.45) is 5.92 Å². The Morgan fingerprint density at radius 1 is 1.29 bits per heavy atom. The van der Waals surface area contributed by atoms with Gasteiger partial charge in [-0.25, -0.2) is 0 Å². The van der Waals surface area contributed by atoms with E-state index in [1.54, 1.807) is 0 Å². The van der Waals surface area contributed by atoms with Gasteiger partial charge in [0.25, 0.3) is 0 Å². The molecular formula is C17H21ClO3. The van der Waals surface area contributed by atoms with Gasteiger partial charge in [0, 0.05) is 31.3 Å². The number of hydrogen-bond donors (Lipinski definition) is 0. The van der Waals surface area contributed by atoms with Crippen LogP contribution < -0.4 is 0 Å². The summed E-state index contributed by atoms with van der Waals surface area (Å²) >= 11 is 6.25. The van der Waals surface area contributed by atoms with Crippen LogP contribution in [0.5, 0.6) is 0 Å². The zero-order valence-electron chi connectivity index (χ0n) is 12.4. The predicted octanol–water partition coefficient (Wildman–Crippen LogP) is 3.81. The van der Waals surface area contributed by atoms with E-state index in [4.69, 9.17) is 21.1 Å². The van der Waals surface area contributed by atoms with Crippen molar-refractivity contribution in [2.75, 3.05) is 19.8 Å². The number of hydrogen-bond acceptors (Lipinski definition) is 3. The number of rotatable bonds is 2. The van der Waals surface area contributed by atoms with Crippen LogP contribution in [0.25, 0.3) is 0 Å². The first kappa shape index (κ1) is 15.0. The van der Waals surface area contributed by atoms with Crippen molar-refractivity contribution in [2.45, 2.75) is 38.2 Å². The third-order valence-electron chi connectivity index (χ3n) is 4.66. The molecule has 0 aromatic heterocycles. The molecule has 0 saturated carbocycles. The van der Waals surface area contributed by atoms with Crippen molar-refractivity contribution in [3.8, 4) is 0 Å². The van der Waals surface area contributed by atoms with Crippen molar-refractivity contribution in [3.05, 3.63) is 34.3 Å². The predicted molar refractivity (Wildman–Crippen MR) is 82.0 cm³/mol. The van der Waals surface area contributed by atoms with Gasteiger partial charge in [-0.15, -0.1) is 0 Å². The maximum absolute atomic E-state index is 12.8. The molecule has 0 aliphatic carbocycles. The number of benzene rings is 1. The molecule has 1 aromatic carbocycles. The van der Waals surface area contributed by atoms with Crippen LogP contribution in [0, 0.1) is 12.8 Å². The fraction of sp³-hybridized carbons (Fsp3) is 0.588. The van der Waals surface area contributed by atoms with E-state index < -0.39 is 0 Å². The first-order chi connectivity index (χ1) is 10.1. The van der Waals surface area contributed by atoms with E-state index in [2.05, 4.69) is 0 Å². The van der Waals surface area contributed by atoms with Gasteiger partial charge in [0.15, 0.2) is 5.78 Å². The molecule has 2 heterocycles. The maximum atomic E-state index is 12.8. The highest BCUT2D eigenvalue weighted by atomic mass is 35.5. The molecule has 0 amide bonds. The van der Waals surface area contributed by atoms with Gasteiger partial charge in [0.05, 0.1) is 10.6 Å². The maximum Gasteiger partial charge on any atom is 0.167 e. The molecule has 1 aromatic rings. The molecule has 114 valence electrons. The lowest BCUT2D eigenvalue weighted by atomic mass is 9.78. The van der Waals surface area contributed by atoms with E-state index in [-0.39, 0.29) is 17.3 Å². The molecule has 2 fully saturated rings. The number of carbonyl (C=O) groups excluding carboxylic acids is 1. The van der Waals surface area contributed by atoms with E-state index in [1.807, 2.05) is 25.1 Å². The van der Waals surface area contributed by atoms with Gasteiger partial charge < -0.3 is 9.47 Å². The van der Waals surface area contributed by atoms with Crippen LogP contribution in [0.1, 0.15) is 41.6 Å². The van der Waals surface area contributed by atoms with E-state index in [0.717, 1.165) is 44.5 Å². The Labute approximate surface area is 130 Å². The summed E-state index contributed by atoms with van der Waals surface area (Å²) < 4.78 is 11.4. The summed E-state index contributed by atoms with van der Waals surface area (Å²) in [5.74, 6) is 0.172. The molecule has 21 heavy (non-hydrogen) atoms. The molecule has 3 nitrogen and oxygen atoms in total. The highest BCUT2D eigenvalue weighted by Crippen LogP contribution is 2.38. The number of halogens is 1. The van der Waals surface area contributed by atoms with Crippen LogP contribution in [-0.4, -0.2) is 31.2 Å². The van der Waals surface area contributed by atoms with Crippen LogP contribution >= 0.6 is 11.6 Å². The minimum atomic E-state index is -0.159. The lowest BCUT2D eigenvalue weighted by molar-refractivity contribution is -0.142. The van der Waals surface area contributed by atoms with Gasteiger partial charge in [-0.05, 0) is 50.3 Å². The van der Waals surface area contributed by atoms with Gasteiger partial charge >= 0.3 is 0 Å². The molecule has 3 rings (SSSR count). The van der Waals surface area contributed by atoms with E-state index >= 15 is 0 Å². The summed E-state index contributed by atoms with van der Waals surface area (Å²) in [6.45, 7) is 4.09. The third kappa shape index (κ3) is 3.15. The van der Waals surface area contributed by atoms with Gasteiger partial charge in [-0.3, -0.25) is 4.79 Å². The number of ether oxygens (including phenoxy) is 2. The van der Waals surface area contributed by atoms with Crippen LogP contribution in [0.4, 0.5) is 0 Å². The lowest BCUT2D eigenvalue weighted by Gasteiger charge is -2.43. The number of Topliss-reactive ketones (excluding diaryl/α,β-unsaturated/α-hetero) is 1. The molecule has 1 atom stereocenters. The minimum absolute atomic E-state index is 0.0112. The average Bonchev–Trinajstić information content (AvgIpc) is 2.47. The summed E-state index contributed by atoms with van der Waals surface area (Å²) in [4.78, 5) is 12.8. The van der Waals surface area contributed by atoms with Gasteiger partial charge in [-0.1, -0.05) is 17.7 Å². The standard InChI is InChI=1S/C17H21ClO3/c1-12-2-3-14(15(18)10-12)16(19)13-4-7-21-17(11-13)5-8-20-9-6-17/h2-3,10,13H,4-9,11H2,1H3. The zero-order chi connectivity index (χ0) is 14.9. The molecule has 2 saturated heterocycles. The summed E-state index contributed by atoms with van der Waals surface area (Å²) in [5.41, 5.74) is 1.56. The van der Waals surface area contributed by atoms with E-state index in [0.29, 0.717) is 17.2 Å². The van der Waals surface area contributed by atoms with Gasteiger partial charge in [-0.2, -0.15) is 0 Å². The molecule has 2 aliphatic rings. The highest BCUT2D eigenvalue weighted by Gasteiger charge is 2.41. The van der Waals surface area contributed by atoms with Crippen LogP contribution in [0.2, 0.25) is 5.02 Å². The first-order valence-corrected chi connectivity index (χ1v) is 8.00. The smallest absolute Gasteiger partial charge is 0.167 e. The Morgan fingerprint density at radius 2 is 2.05 bits per heavy atom. The van der Waals surface area contributed by atoms with Crippen LogP contribution in [0.15, 0.2) is 18.2 Å². The molecule has 1 spiro atoms. The minimum Gasteiger partial charge on any atom is -0.381 e. The summed E-state index contributed by atoms with van der Waals surface area (Å²) in [5, 5.41) is 0.563. The topological polar surface area (TPSA) is 35.5 Å². The molecular weight excluding hydrogens is 288 g/mol. The van der Waals surface area contributed by atoms with Gasteiger partial charge in [0.1, 0.15) is 0 Å². The average molecular weight is 309 g/mol. The van der Waals surface area contributed by atoms with E-state index in [9.17, 15) is 4.79 Å². The Morgan fingerprint density at radius 3 is 2.76 bits per heavy atom. The second-order valence-electron chi connectivity index (χ2n) is 6.18. The fourth-order valence-electron chi connectivity index (χ4n) is 3.38.